The molecule has 0 saturated heterocycles. The minimum atomic E-state index is 0.0812. The average molecular weight is 411 g/mol. The van der Waals surface area contributed by atoms with E-state index in [-0.39, 0.29) is 5.60 Å². The van der Waals surface area contributed by atoms with Crippen LogP contribution in [0.3, 0.4) is 0 Å². The van der Waals surface area contributed by atoms with Gasteiger partial charge in [-0.3, -0.25) is 0 Å². The van der Waals surface area contributed by atoms with Crippen molar-refractivity contribution in [3.8, 4) is 11.5 Å². The minimum absolute atomic E-state index is 0.0812. The Labute approximate surface area is 184 Å². The topological polar surface area (TPSA) is 29.5 Å². The van der Waals surface area contributed by atoms with E-state index in [0.29, 0.717) is 23.5 Å². The maximum Gasteiger partial charge on any atom is 0.120 e. The SMILES string of the molecule is CCC(C)c1ccc(OC2(C(C)C)CCCC2)cc1.CCC(C)c1cccc(O)c1. The number of aromatic hydroxyl groups is 1. The van der Waals surface area contributed by atoms with Gasteiger partial charge in [-0.1, -0.05) is 65.8 Å². The Balaban J connectivity index is 0.000000248. The number of ether oxygens (including phenoxy) is 1. The van der Waals surface area contributed by atoms with Gasteiger partial charge >= 0.3 is 0 Å². The molecule has 30 heavy (non-hydrogen) atoms. The van der Waals surface area contributed by atoms with Crippen molar-refractivity contribution >= 4 is 0 Å². The van der Waals surface area contributed by atoms with Crippen LogP contribution in [0.4, 0.5) is 0 Å². The van der Waals surface area contributed by atoms with E-state index in [1.165, 1.54) is 43.2 Å². The van der Waals surface area contributed by atoms with Crippen LogP contribution in [0.5, 0.6) is 11.5 Å². The second-order valence-electron chi connectivity index (χ2n) is 9.31. The maximum atomic E-state index is 9.16. The highest BCUT2D eigenvalue weighted by Gasteiger charge is 2.39. The van der Waals surface area contributed by atoms with Gasteiger partial charge in [0, 0.05) is 0 Å². The van der Waals surface area contributed by atoms with Gasteiger partial charge in [0.1, 0.15) is 17.1 Å². The molecule has 1 fully saturated rings. The largest absolute Gasteiger partial charge is 0.508 e. The molecule has 1 saturated carbocycles. The summed E-state index contributed by atoms with van der Waals surface area (Å²) in [4.78, 5) is 0. The number of rotatable bonds is 7. The molecule has 166 valence electrons. The van der Waals surface area contributed by atoms with Crippen molar-refractivity contribution in [3.63, 3.8) is 0 Å². The van der Waals surface area contributed by atoms with Crippen LogP contribution >= 0.6 is 0 Å². The monoisotopic (exact) mass is 410 g/mol. The van der Waals surface area contributed by atoms with Crippen LogP contribution in [0.15, 0.2) is 48.5 Å². The second kappa shape index (κ2) is 11.4. The van der Waals surface area contributed by atoms with E-state index >= 15 is 0 Å². The third-order valence-corrected chi connectivity index (χ3v) is 6.94. The summed E-state index contributed by atoms with van der Waals surface area (Å²) in [7, 11) is 0. The molecule has 2 aromatic rings. The first-order chi connectivity index (χ1) is 14.3. The molecule has 0 aliphatic heterocycles. The highest BCUT2D eigenvalue weighted by molar-refractivity contribution is 5.30. The van der Waals surface area contributed by atoms with Crippen molar-refractivity contribution in [3.05, 3.63) is 59.7 Å². The van der Waals surface area contributed by atoms with Gasteiger partial charge < -0.3 is 9.84 Å². The Morgan fingerprint density at radius 1 is 0.833 bits per heavy atom. The van der Waals surface area contributed by atoms with Crippen molar-refractivity contribution in [2.45, 2.75) is 97.5 Å². The molecule has 0 radical (unpaired) electrons. The zero-order valence-corrected chi connectivity index (χ0v) is 19.9. The fraction of sp³-hybridized carbons (Fsp3) is 0.571. The summed E-state index contributed by atoms with van der Waals surface area (Å²) in [5, 5.41) is 9.16. The van der Waals surface area contributed by atoms with E-state index in [0.717, 1.165) is 12.2 Å². The molecular weight excluding hydrogens is 368 g/mol. The summed E-state index contributed by atoms with van der Waals surface area (Å²) in [5.74, 6) is 3.18. The van der Waals surface area contributed by atoms with Crippen LogP contribution in [0, 0.1) is 5.92 Å². The van der Waals surface area contributed by atoms with Gasteiger partial charge in [0.05, 0.1) is 0 Å². The van der Waals surface area contributed by atoms with Gasteiger partial charge in [0.25, 0.3) is 0 Å². The second-order valence-corrected chi connectivity index (χ2v) is 9.31. The number of phenolic OH excluding ortho intramolecular Hbond substituents is 1. The zero-order valence-electron chi connectivity index (χ0n) is 19.9. The Morgan fingerprint density at radius 3 is 1.90 bits per heavy atom. The number of hydrogen-bond donors (Lipinski definition) is 1. The van der Waals surface area contributed by atoms with Crippen LogP contribution in [-0.2, 0) is 0 Å². The minimum Gasteiger partial charge on any atom is -0.508 e. The van der Waals surface area contributed by atoms with Gasteiger partial charge in [-0.05, 0) is 91.7 Å². The third-order valence-electron chi connectivity index (χ3n) is 6.94. The first-order valence-corrected chi connectivity index (χ1v) is 11.9. The molecule has 1 aliphatic rings. The molecule has 2 nitrogen and oxygen atoms in total. The van der Waals surface area contributed by atoms with Crippen LogP contribution in [-0.4, -0.2) is 10.7 Å². The Bertz CT molecular complexity index is 741. The quantitative estimate of drug-likeness (QED) is 0.496. The molecule has 3 rings (SSSR count). The molecule has 0 spiro atoms. The summed E-state index contributed by atoms with van der Waals surface area (Å²) in [6.45, 7) is 13.4. The lowest BCUT2D eigenvalue weighted by Gasteiger charge is -2.34. The lowest BCUT2D eigenvalue weighted by atomic mass is 9.88. The summed E-state index contributed by atoms with van der Waals surface area (Å²) in [6.07, 6.45) is 7.33. The van der Waals surface area contributed by atoms with Crippen molar-refractivity contribution < 1.29 is 9.84 Å². The summed E-state index contributed by atoms with van der Waals surface area (Å²) in [5.41, 5.74) is 2.71. The molecule has 0 amide bonds. The van der Waals surface area contributed by atoms with E-state index in [9.17, 15) is 0 Å². The fourth-order valence-corrected chi connectivity index (χ4v) is 4.17. The predicted molar refractivity (Wildman–Crippen MR) is 129 cm³/mol. The van der Waals surface area contributed by atoms with Crippen molar-refractivity contribution in [1.82, 2.24) is 0 Å². The van der Waals surface area contributed by atoms with Crippen LogP contribution in [0.25, 0.3) is 0 Å². The molecule has 2 unspecified atom stereocenters. The van der Waals surface area contributed by atoms with Gasteiger partial charge in [-0.15, -0.1) is 0 Å². The van der Waals surface area contributed by atoms with Crippen molar-refractivity contribution in [2.75, 3.05) is 0 Å². The molecule has 2 atom stereocenters. The Morgan fingerprint density at radius 2 is 1.40 bits per heavy atom. The van der Waals surface area contributed by atoms with Gasteiger partial charge in [0.15, 0.2) is 0 Å². The van der Waals surface area contributed by atoms with E-state index in [1.807, 2.05) is 18.2 Å². The van der Waals surface area contributed by atoms with Crippen molar-refractivity contribution in [1.29, 1.82) is 0 Å². The van der Waals surface area contributed by atoms with Crippen LogP contribution < -0.4 is 4.74 Å². The molecule has 2 aromatic carbocycles. The van der Waals surface area contributed by atoms with Crippen molar-refractivity contribution in [2.24, 2.45) is 5.92 Å². The van der Waals surface area contributed by atoms with E-state index in [2.05, 4.69) is 65.8 Å². The fourth-order valence-electron chi connectivity index (χ4n) is 4.17. The normalized spacial score (nSPS) is 17.2. The Kier molecular flexibility index (Phi) is 9.27. The first kappa shape index (κ1) is 24.3. The molecule has 1 N–H and O–H groups in total. The maximum absolute atomic E-state index is 9.16. The average Bonchev–Trinajstić information content (AvgIpc) is 3.23. The molecule has 2 heteroatoms. The molecular formula is C28H42O2. The third kappa shape index (κ3) is 6.52. The first-order valence-electron chi connectivity index (χ1n) is 11.9. The van der Waals surface area contributed by atoms with Gasteiger partial charge in [-0.2, -0.15) is 0 Å². The van der Waals surface area contributed by atoms with Crippen LogP contribution in [0.1, 0.15) is 103 Å². The highest BCUT2D eigenvalue weighted by Crippen LogP contribution is 2.40. The van der Waals surface area contributed by atoms with Gasteiger partial charge in [-0.25, -0.2) is 0 Å². The molecule has 0 bridgehead atoms. The zero-order chi connectivity index (χ0) is 22.1. The summed E-state index contributed by atoms with van der Waals surface area (Å²) in [6, 6.07) is 16.2. The number of phenols is 1. The molecule has 1 aliphatic carbocycles. The lowest BCUT2D eigenvalue weighted by Crippen LogP contribution is -2.38. The lowest BCUT2D eigenvalue weighted by molar-refractivity contribution is 0.0288. The summed E-state index contributed by atoms with van der Waals surface area (Å²) >= 11 is 0. The van der Waals surface area contributed by atoms with E-state index in [4.69, 9.17) is 9.84 Å². The molecule has 0 heterocycles. The van der Waals surface area contributed by atoms with Gasteiger partial charge in [0.2, 0.25) is 0 Å². The standard InChI is InChI=1S/C18H28O.C10H14O/c1-5-15(4)16-8-10-17(11-9-16)19-18(14(2)3)12-6-7-13-18;1-3-8(2)9-5-4-6-10(11)7-9/h8-11,14-15H,5-7,12-13H2,1-4H3;4-8,11H,3H2,1-2H3. The highest BCUT2D eigenvalue weighted by atomic mass is 16.5. The number of benzene rings is 2. The smallest absolute Gasteiger partial charge is 0.120 e. The number of hydrogen-bond acceptors (Lipinski definition) is 2. The Hall–Kier alpha value is -1.96. The summed E-state index contributed by atoms with van der Waals surface area (Å²) < 4.78 is 6.39. The predicted octanol–water partition coefficient (Wildman–Crippen LogP) is 8.45. The molecule has 0 aromatic heterocycles. The van der Waals surface area contributed by atoms with E-state index < -0.39 is 0 Å². The van der Waals surface area contributed by atoms with E-state index in [1.54, 1.807) is 6.07 Å². The van der Waals surface area contributed by atoms with Crippen LogP contribution in [0.2, 0.25) is 0 Å².